The number of rotatable bonds is 6. The van der Waals surface area contributed by atoms with Crippen LogP contribution in [0.15, 0.2) is 200 Å². The highest BCUT2D eigenvalue weighted by molar-refractivity contribution is 7.25. The molecule has 3 nitrogen and oxygen atoms in total. The molecule has 0 N–H and O–H groups in total. The van der Waals surface area contributed by atoms with Crippen LogP contribution in [-0.2, 0) is 0 Å². The van der Waals surface area contributed by atoms with Crippen molar-refractivity contribution in [2.24, 2.45) is 0 Å². The Labute approximate surface area is 328 Å². The molecule has 0 aliphatic heterocycles. The topological polar surface area (TPSA) is 30.7 Å². The van der Waals surface area contributed by atoms with Gasteiger partial charge in [0.25, 0.3) is 0 Å². The molecule has 3 aromatic heterocycles. The van der Waals surface area contributed by atoms with Crippen molar-refractivity contribution >= 4 is 53.3 Å². The molecular weight excluding hydrogens is 699 g/mol. The fraction of sp³-hybridized carbons (Fsp3) is 0. The summed E-state index contributed by atoms with van der Waals surface area (Å²) in [5.74, 6) is 0.697. The fourth-order valence-electron chi connectivity index (χ4n) is 8.19. The van der Waals surface area contributed by atoms with E-state index >= 15 is 0 Å². The van der Waals surface area contributed by atoms with Gasteiger partial charge in [0.15, 0.2) is 5.82 Å². The molecule has 56 heavy (non-hydrogen) atoms. The standard InChI is InChI=1S/C52H33N3S/c1-5-17-34(18-6-1)41-29-38(46-33-45(36-21-9-3-10-22-36)53-52(54-46)37-23-11-4-12-24-37)30-42(35-19-7-2-8-20-35)51(41)55-47-27-15-13-25-39(47)43-32-50-44(31-48(43)55)40-26-14-16-28-49(40)56-50/h1-33H. The van der Waals surface area contributed by atoms with Crippen LogP contribution in [0.3, 0.4) is 0 Å². The van der Waals surface area contributed by atoms with Crippen molar-refractivity contribution < 1.29 is 0 Å². The van der Waals surface area contributed by atoms with Crippen LogP contribution in [0.4, 0.5) is 0 Å². The average molecular weight is 732 g/mol. The first-order chi connectivity index (χ1) is 27.8. The third kappa shape index (κ3) is 5.42. The molecule has 0 saturated carbocycles. The van der Waals surface area contributed by atoms with Crippen LogP contribution in [0.25, 0.3) is 104 Å². The minimum atomic E-state index is 0.697. The number of hydrogen-bond acceptors (Lipinski definition) is 3. The molecule has 262 valence electrons. The van der Waals surface area contributed by atoms with Gasteiger partial charge in [-0.3, -0.25) is 0 Å². The van der Waals surface area contributed by atoms with Crippen LogP contribution in [0.2, 0.25) is 0 Å². The monoisotopic (exact) mass is 731 g/mol. The minimum absolute atomic E-state index is 0.697. The third-order valence-electron chi connectivity index (χ3n) is 10.8. The van der Waals surface area contributed by atoms with E-state index in [-0.39, 0.29) is 0 Å². The Morgan fingerprint density at radius 1 is 0.339 bits per heavy atom. The molecule has 0 radical (unpaired) electrons. The van der Waals surface area contributed by atoms with Crippen LogP contribution in [0, 0.1) is 0 Å². The van der Waals surface area contributed by atoms with Gasteiger partial charge in [0.2, 0.25) is 0 Å². The van der Waals surface area contributed by atoms with E-state index in [9.17, 15) is 0 Å². The lowest BCUT2D eigenvalue weighted by atomic mass is 9.91. The normalized spacial score (nSPS) is 11.6. The molecule has 0 aliphatic rings. The van der Waals surface area contributed by atoms with Crippen molar-refractivity contribution in [1.82, 2.24) is 14.5 Å². The largest absolute Gasteiger partial charge is 0.308 e. The Kier molecular flexibility index (Phi) is 7.68. The van der Waals surface area contributed by atoms with Gasteiger partial charge in [0, 0.05) is 58.8 Å². The number of hydrogen-bond donors (Lipinski definition) is 0. The van der Waals surface area contributed by atoms with Crippen molar-refractivity contribution in [2.45, 2.75) is 0 Å². The second kappa shape index (κ2) is 13.3. The minimum Gasteiger partial charge on any atom is -0.308 e. The highest BCUT2D eigenvalue weighted by Crippen LogP contribution is 2.46. The number of para-hydroxylation sites is 1. The summed E-state index contributed by atoms with van der Waals surface area (Å²) in [7, 11) is 0. The molecular formula is C52H33N3S. The van der Waals surface area contributed by atoms with Gasteiger partial charge in [-0.2, -0.15) is 0 Å². The Morgan fingerprint density at radius 3 is 1.50 bits per heavy atom. The predicted octanol–water partition coefficient (Wildman–Crippen LogP) is 14.3. The van der Waals surface area contributed by atoms with Gasteiger partial charge in [0.1, 0.15) is 0 Å². The van der Waals surface area contributed by atoms with Crippen LogP contribution in [0.5, 0.6) is 0 Å². The van der Waals surface area contributed by atoms with Gasteiger partial charge in [0.05, 0.1) is 28.1 Å². The van der Waals surface area contributed by atoms with E-state index in [0.717, 1.165) is 56.0 Å². The van der Waals surface area contributed by atoms with E-state index in [4.69, 9.17) is 9.97 Å². The number of nitrogens with zero attached hydrogens (tertiary/aromatic N) is 3. The summed E-state index contributed by atoms with van der Waals surface area (Å²) >= 11 is 1.87. The fourth-order valence-corrected chi connectivity index (χ4v) is 9.32. The van der Waals surface area contributed by atoms with Gasteiger partial charge in [-0.25, -0.2) is 9.97 Å². The quantitative estimate of drug-likeness (QED) is 0.170. The number of fused-ring (bicyclic) bond motifs is 6. The zero-order chi connectivity index (χ0) is 37.0. The Hall–Kier alpha value is -7.14. The third-order valence-corrected chi connectivity index (χ3v) is 11.9. The Bertz CT molecular complexity index is 3100. The second-order valence-corrected chi connectivity index (χ2v) is 15.2. The highest BCUT2D eigenvalue weighted by atomic mass is 32.1. The summed E-state index contributed by atoms with van der Waals surface area (Å²) in [6.45, 7) is 0. The van der Waals surface area contributed by atoms with Crippen molar-refractivity contribution in [3.63, 3.8) is 0 Å². The molecule has 0 amide bonds. The maximum Gasteiger partial charge on any atom is 0.160 e. The molecule has 4 heteroatoms. The molecule has 0 unspecified atom stereocenters. The van der Waals surface area contributed by atoms with E-state index in [1.54, 1.807) is 0 Å². The Morgan fingerprint density at radius 2 is 0.857 bits per heavy atom. The first-order valence-corrected chi connectivity index (χ1v) is 19.7. The summed E-state index contributed by atoms with van der Waals surface area (Å²) in [5, 5.41) is 5.06. The van der Waals surface area contributed by atoms with Crippen molar-refractivity contribution in [2.75, 3.05) is 0 Å². The maximum absolute atomic E-state index is 5.30. The molecule has 0 spiro atoms. The summed E-state index contributed by atoms with van der Waals surface area (Å²) < 4.78 is 5.12. The molecule has 8 aromatic carbocycles. The second-order valence-electron chi connectivity index (χ2n) is 14.2. The molecule has 0 aliphatic carbocycles. The van der Waals surface area contributed by atoms with E-state index in [2.05, 4.69) is 180 Å². The first-order valence-electron chi connectivity index (χ1n) is 18.9. The number of aromatic nitrogens is 3. The molecule has 11 rings (SSSR count). The van der Waals surface area contributed by atoms with Crippen LogP contribution < -0.4 is 0 Å². The molecule has 0 fully saturated rings. The zero-order valence-corrected chi connectivity index (χ0v) is 31.1. The van der Waals surface area contributed by atoms with Gasteiger partial charge in [-0.15, -0.1) is 11.3 Å². The first kappa shape index (κ1) is 32.3. The van der Waals surface area contributed by atoms with Crippen molar-refractivity contribution in [3.05, 3.63) is 200 Å². The summed E-state index contributed by atoms with van der Waals surface area (Å²) in [5.41, 5.74) is 12.8. The van der Waals surface area contributed by atoms with E-state index < -0.39 is 0 Å². The van der Waals surface area contributed by atoms with Gasteiger partial charge < -0.3 is 4.57 Å². The van der Waals surface area contributed by atoms with Gasteiger partial charge >= 0.3 is 0 Å². The van der Waals surface area contributed by atoms with Crippen LogP contribution in [0.1, 0.15) is 0 Å². The SMILES string of the molecule is c1ccc(-c2cc(-c3cc(-c4ccccc4)c(-n4c5ccccc5c5cc6sc7ccccc7c6cc54)c(-c4ccccc4)c3)nc(-c3ccccc3)n2)cc1. The lowest BCUT2D eigenvalue weighted by Gasteiger charge is -2.21. The average Bonchev–Trinajstić information content (AvgIpc) is 3.80. The maximum atomic E-state index is 5.30. The lowest BCUT2D eigenvalue weighted by molar-refractivity contribution is 1.17. The smallest absolute Gasteiger partial charge is 0.160 e. The Balaban J connectivity index is 1.27. The molecule has 0 bridgehead atoms. The number of thiophene rings is 1. The predicted molar refractivity (Wildman–Crippen MR) is 236 cm³/mol. The highest BCUT2D eigenvalue weighted by Gasteiger charge is 2.23. The summed E-state index contributed by atoms with van der Waals surface area (Å²) in [4.78, 5) is 10.4. The summed E-state index contributed by atoms with van der Waals surface area (Å²) in [6, 6.07) is 71.5. The van der Waals surface area contributed by atoms with E-state index in [1.165, 1.54) is 42.0 Å². The van der Waals surface area contributed by atoms with Gasteiger partial charge in [-0.1, -0.05) is 158 Å². The van der Waals surface area contributed by atoms with Crippen molar-refractivity contribution in [3.8, 4) is 61.8 Å². The van der Waals surface area contributed by atoms with Crippen LogP contribution >= 0.6 is 11.3 Å². The molecule has 3 heterocycles. The van der Waals surface area contributed by atoms with Gasteiger partial charge in [-0.05, 0) is 53.6 Å². The van der Waals surface area contributed by atoms with E-state index in [1.807, 2.05) is 35.6 Å². The molecule has 11 aromatic rings. The molecule has 0 atom stereocenters. The van der Waals surface area contributed by atoms with Crippen molar-refractivity contribution in [1.29, 1.82) is 0 Å². The lowest BCUT2D eigenvalue weighted by Crippen LogP contribution is -2.02. The van der Waals surface area contributed by atoms with E-state index in [0.29, 0.717) is 5.82 Å². The van der Waals surface area contributed by atoms with Crippen LogP contribution in [-0.4, -0.2) is 14.5 Å². The number of benzene rings is 8. The molecule has 0 saturated heterocycles. The summed E-state index contributed by atoms with van der Waals surface area (Å²) in [6.07, 6.45) is 0. The zero-order valence-electron chi connectivity index (χ0n) is 30.3.